The highest BCUT2D eigenvalue weighted by atomic mass is 16.3. The molecule has 2 aromatic rings. The summed E-state index contributed by atoms with van der Waals surface area (Å²) in [6.45, 7) is -0.00933. The van der Waals surface area contributed by atoms with Crippen LogP contribution in [0.2, 0.25) is 0 Å². The summed E-state index contributed by atoms with van der Waals surface area (Å²) >= 11 is 0. The second-order valence-corrected chi connectivity index (χ2v) is 3.25. The molecule has 0 aliphatic rings. The molecule has 1 aromatic carbocycles. The standard InChI is InChI=1S/C11H12O3/c12-5-3-10(13)8-1-2-11-9(7-8)4-6-14-11/h1-2,4,6-7,10,12-13H,3,5H2. The van der Waals surface area contributed by atoms with Gasteiger partial charge in [-0.1, -0.05) is 6.07 Å². The molecule has 1 aromatic heterocycles. The molecule has 3 nitrogen and oxygen atoms in total. The molecule has 0 aliphatic heterocycles. The largest absolute Gasteiger partial charge is 0.464 e. The number of rotatable bonds is 3. The Morgan fingerprint density at radius 2 is 2.14 bits per heavy atom. The van der Waals surface area contributed by atoms with Gasteiger partial charge >= 0.3 is 0 Å². The van der Waals surface area contributed by atoms with Crippen molar-refractivity contribution in [3.05, 3.63) is 36.1 Å². The zero-order valence-electron chi connectivity index (χ0n) is 7.68. The van der Waals surface area contributed by atoms with Crippen LogP contribution in [0.3, 0.4) is 0 Å². The highest BCUT2D eigenvalue weighted by Crippen LogP contribution is 2.22. The molecule has 1 unspecified atom stereocenters. The number of aliphatic hydroxyl groups is 2. The molecule has 0 saturated heterocycles. The molecule has 0 bridgehead atoms. The summed E-state index contributed by atoms with van der Waals surface area (Å²) in [5, 5.41) is 19.3. The van der Waals surface area contributed by atoms with Gasteiger partial charge in [-0.05, 0) is 23.8 Å². The molecule has 1 atom stereocenters. The van der Waals surface area contributed by atoms with Gasteiger partial charge < -0.3 is 14.6 Å². The summed E-state index contributed by atoms with van der Waals surface area (Å²) in [4.78, 5) is 0. The molecule has 0 spiro atoms. The fourth-order valence-electron chi connectivity index (χ4n) is 1.48. The normalized spacial score (nSPS) is 13.3. The summed E-state index contributed by atoms with van der Waals surface area (Å²) in [6, 6.07) is 7.36. The van der Waals surface area contributed by atoms with Crippen LogP contribution in [0.4, 0.5) is 0 Å². The molecule has 0 amide bonds. The van der Waals surface area contributed by atoms with E-state index >= 15 is 0 Å². The summed E-state index contributed by atoms with van der Waals surface area (Å²) < 4.78 is 5.18. The van der Waals surface area contributed by atoms with Crippen molar-refractivity contribution in [1.82, 2.24) is 0 Å². The van der Waals surface area contributed by atoms with Gasteiger partial charge in [0.05, 0.1) is 12.4 Å². The monoisotopic (exact) mass is 192 g/mol. The quantitative estimate of drug-likeness (QED) is 0.780. The van der Waals surface area contributed by atoms with Crippen LogP contribution < -0.4 is 0 Å². The molecule has 0 radical (unpaired) electrons. The third kappa shape index (κ3) is 1.64. The van der Waals surface area contributed by atoms with Gasteiger partial charge in [-0.15, -0.1) is 0 Å². The second-order valence-electron chi connectivity index (χ2n) is 3.25. The van der Waals surface area contributed by atoms with Gasteiger partial charge in [-0.3, -0.25) is 0 Å². The Kier molecular flexibility index (Phi) is 2.52. The zero-order valence-corrected chi connectivity index (χ0v) is 7.68. The van der Waals surface area contributed by atoms with E-state index in [1.54, 1.807) is 6.26 Å². The Balaban J connectivity index is 2.33. The molecule has 0 fully saturated rings. The van der Waals surface area contributed by atoms with E-state index < -0.39 is 6.10 Å². The third-order valence-corrected chi connectivity index (χ3v) is 2.26. The summed E-state index contributed by atoms with van der Waals surface area (Å²) in [5.41, 5.74) is 1.62. The van der Waals surface area contributed by atoms with E-state index in [9.17, 15) is 5.11 Å². The maximum Gasteiger partial charge on any atom is 0.133 e. The molecular weight excluding hydrogens is 180 g/mol. The molecule has 3 heteroatoms. The first-order chi connectivity index (χ1) is 6.81. The second kappa shape index (κ2) is 3.82. The Bertz CT molecular complexity index is 419. The van der Waals surface area contributed by atoms with Crippen LogP contribution in [0.25, 0.3) is 11.0 Å². The van der Waals surface area contributed by atoms with E-state index in [-0.39, 0.29) is 6.61 Å². The lowest BCUT2D eigenvalue weighted by atomic mass is 10.1. The topological polar surface area (TPSA) is 53.6 Å². The minimum Gasteiger partial charge on any atom is -0.464 e. The van der Waals surface area contributed by atoms with Gasteiger partial charge in [0.25, 0.3) is 0 Å². The Labute approximate surface area is 81.6 Å². The summed E-state index contributed by atoms with van der Waals surface area (Å²) in [5.74, 6) is 0. The Hall–Kier alpha value is -1.32. The van der Waals surface area contributed by atoms with E-state index in [1.165, 1.54) is 0 Å². The van der Waals surface area contributed by atoms with Crippen LogP contribution in [0, 0.1) is 0 Å². The molecule has 2 rings (SSSR count). The van der Waals surface area contributed by atoms with Crippen LogP contribution in [-0.4, -0.2) is 16.8 Å². The highest BCUT2D eigenvalue weighted by Gasteiger charge is 2.07. The minimum atomic E-state index is -0.598. The number of aliphatic hydroxyl groups excluding tert-OH is 2. The lowest BCUT2D eigenvalue weighted by Gasteiger charge is -2.08. The van der Waals surface area contributed by atoms with Crippen molar-refractivity contribution in [2.45, 2.75) is 12.5 Å². The third-order valence-electron chi connectivity index (χ3n) is 2.26. The Morgan fingerprint density at radius 1 is 1.29 bits per heavy atom. The van der Waals surface area contributed by atoms with Crippen molar-refractivity contribution in [3.8, 4) is 0 Å². The first kappa shape index (κ1) is 9.24. The maximum absolute atomic E-state index is 9.63. The van der Waals surface area contributed by atoms with Gasteiger partial charge in [0.1, 0.15) is 5.58 Å². The highest BCUT2D eigenvalue weighted by molar-refractivity contribution is 5.77. The van der Waals surface area contributed by atoms with Crippen LogP contribution in [0.5, 0.6) is 0 Å². The van der Waals surface area contributed by atoms with E-state index in [0.29, 0.717) is 6.42 Å². The van der Waals surface area contributed by atoms with E-state index in [4.69, 9.17) is 9.52 Å². The molecular formula is C11H12O3. The number of fused-ring (bicyclic) bond motifs is 1. The van der Waals surface area contributed by atoms with Crippen molar-refractivity contribution >= 4 is 11.0 Å². The van der Waals surface area contributed by atoms with Crippen LogP contribution in [-0.2, 0) is 0 Å². The Morgan fingerprint density at radius 3 is 2.93 bits per heavy atom. The molecule has 14 heavy (non-hydrogen) atoms. The van der Waals surface area contributed by atoms with Gasteiger partial charge in [-0.25, -0.2) is 0 Å². The fourth-order valence-corrected chi connectivity index (χ4v) is 1.48. The first-order valence-corrected chi connectivity index (χ1v) is 4.57. The van der Waals surface area contributed by atoms with Crippen LogP contribution in [0.15, 0.2) is 34.9 Å². The minimum absolute atomic E-state index is 0.00933. The fraction of sp³-hybridized carbons (Fsp3) is 0.273. The maximum atomic E-state index is 9.63. The molecule has 1 heterocycles. The van der Waals surface area contributed by atoms with Gasteiger partial charge in [0.2, 0.25) is 0 Å². The van der Waals surface area contributed by atoms with Crippen LogP contribution >= 0.6 is 0 Å². The van der Waals surface area contributed by atoms with E-state index in [0.717, 1.165) is 16.5 Å². The summed E-state index contributed by atoms with van der Waals surface area (Å²) in [7, 11) is 0. The SMILES string of the molecule is OCCC(O)c1ccc2occc2c1. The lowest BCUT2D eigenvalue weighted by Crippen LogP contribution is -1.99. The van der Waals surface area contributed by atoms with Crippen molar-refractivity contribution in [2.24, 2.45) is 0 Å². The van der Waals surface area contributed by atoms with E-state index in [2.05, 4.69) is 0 Å². The van der Waals surface area contributed by atoms with Crippen molar-refractivity contribution in [3.63, 3.8) is 0 Å². The number of hydrogen-bond acceptors (Lipinski definition) is 3. The number of benzene rings is 1. The average Bonchev–Trinajstić information content (AvgIpc) is 2.64. The van der Waals surface area contributed by atoms with Crippen molar-refractivity contribution in [1.29, 1.82) is 0 Å². The molecule has 74 valence electrons. The van der Waals surface area contributed by atoms with E-state index in [1.807, 2.05) is 24.3 Å². The number of furan rings is 1. The van der Waals surface area contributed by atoms with Gasteiger partial charge in [-0.2, -0.15) is 0 Å². The smallest absolute Gasteiger partial charge is 0.133 e. The predicted molar refractivity (Wildman–Crippen MR) is 52.9 cm³/mol. The molecule has 0 aliphatic carbocycles. The van der Waals surface area contributed by atoms with Gasteiger partial charge in [0, 0.05) is 18.4 Å². The zero-order chi connectivity index (χ0) is 9.97. The predicted octanol–water partition coefficient (Wildman–Crippen LogP) is 1.85. The van der Waals surface area contributed by atoms with Crippen molar-refractivity contribution < 1.29 is 14.6 Å². The van der Waals surface area contributed by atoms with Crippen LogP contribution in [0.1, 0.15) is 18.1 Å². The summed E-state index contributed by atoms with van der Waals surface area (Å²) in [6.07, 6.45) is 1.38. The molecule has 0 saturated carbocycles. The molecule has 2 N–H and O–H groups in total. The first-order valence-electron chi connectivity index (χ1n) is 4.57. The average molecular weight is 192 g/mol. The lowest BCUT2D eigenvalue weighted by molar-refractivity contribution is 0.134. The van der Waals surface area contributed by atoms with Gasteiger partial charge in [0.15, 0.2) is 0 Å². The van der Waals surface area contributed by atoms with Crippen molar-refractivity contribution in [2.75, 3.05) is 6.61 Å². The number of hydrogen-bond donors (Lipinski definition) is 2.